The highest BCUT2D eigenvalue weighted by molar-refractivity contribution is 7.91. The fourth-order valence-electron chi connectivity index (χ4n) is 1.76. The Balaban J connectivity index is 2.21. The largest absolute Gasteiger partial charge is 0.413 e. The molecule has 4 nitrogen and oxygen atoms in total. The van der Waals surface area contributed by atoms with Gasteiger partial charge in [0.15, 0.2) is 11.2 Å². The lowest BCUT2D eigenvalue weighted by Crippen LogP contribution is -2.01. The van der Waals surface area contributed by atoms with Crippen LogP contribution in [0.1, 0.15) is 0 Å². The van der Waals surface area contributed by atoms with Crippen LogP contribution in [0, 0.1) is 4.90 Å². The van der Waals surface area contributed by atoms with Crippen molar-refractivity contribution >= 4 is 33.2 Å². The summed E-state index contributed by atoms with van der Waals surface area (Å²) in [5, 5.41) is 0. The monoisotopic (exact) mass is 292 g/mol. The lowest BCUT2D eigenvalue weighted by molar-refractivity contribution is 0.443. The van der Waals surface area contributed by atoms with E-state index in [1.807, 2.05) is 0 Å². The zero-order chi connectivity index (χ0) is 13.5. The summed E-state index contributed by atoms with van der Waals surface area (Å²) >= 11 is 4.76. The summed E-state index contributed by atoms with van der Waals surface area (Å²) in [6, 6.07) is 12.6. The molecule has 0 N–H and O–H groups in total. The predicted molar refractivity (Wildman–Crippen MR) is 71.2 cm³/mol. The van der Waals surface area contributed by atoms with E-state index in [4.69, 9.17) is 21.1 Å². The second-order valence-electron chi connectivity index (χ2n) is 3.88. The fourth-order valence-corrected chi connectivity index (χ4v) is 3.23. The second kappa shape index (κ2) is 4.32. The Bertz CT molecular complexity index is 889. The van der Waals surface area contributed by atoms with Crippen molar-refractivity contribution in [1.29, 1.82) is 0 Å². The summed E-state index contributed by atoms with van der Waals surface area (Å²) in [5.41, 5.74) is 0.749. The van der Waals surface area contributed by atoms with E-state index in [-0.39, 0.29) is 14.7 Å². The molecule has 0 spiro atoms. The van der Waals surface area contributed by atoms with Crippen molar-refractivity contribution in [3.8, 4) is 0 Å². The van der Waals surface area contributed by atoms with Crippen LogP contribution in [0.3, 0.4) is 0 Å². The molecule has 0 aliphatic rings. The molecule has 3 rings (SSSR count). The molecule has 3 aromatic rings. The molecule has 1 heterocycles. The van der Waals surface area contributed by atoms with E-state index in [1.165, 1.54) is 18.2 Å². The van der Waals surface area contributed by atoms with E-state index in [9.17, 15) is 8.42 Å². The summed E-state index contributed by atoms with van der Waals surface area (Å²) in [5.74, 6) is 0. The van der Waals surface area contributed by atoms with Crippen molar-refractivity contribution in [2.45, 2.75) is 9.79 Å². The van der Waals surface area contributed by atoms with Gasteiger partial charge in [0.1, 0.15) is 0 Å². The van der Waals surface area contributed by atoms with Crippen molar-refractivity contribution < 1.29 is 17.3 Å². The van der Waals surface area contributed by atoms with E-state index in [2.05, 4.69) is 0 Å². The maximum Gasteiger partial charge on any atom is 0.363 e. The van der Waals surface area contributed by atoms with Gasteiger partial charge in [-0.05, 0) is 24.3 Å². The van der Waals surface area contributed by atoms with Gasteiger partial charge < -0.3 is 8.83 Å². The van der Waals surface area contributed by atoms with E-state index in [0.29, 0.717) is 11.2 Å². The molecule has 0 unspecified atom stereocenters. The summed E-state index contributed by atoms with van der Waals surface area (Å²) in [4.78, 5) is 0.353. The highest BCUT2D eigenvalue weighted by atomic mass is 32.2. The normalized spacial score (nSPS) is 11.8. The van der Waals surface area contributed by atoms with Gasteiger partial charge >= 0.3 is 4.90 Å². The highest BCUT2D eigenvalue weighted by Gasteiger charge is 2.18. The number of hydrogen-bond acceptors (Lipinski definition) is 5. The molecule has 0 bridgehead atoms. The number of rotatable bonds is 2. The van der Waals surface area contributed by atoms with Crippen molar-refractivity contribution in [3.63, 3.8) is 0 Å². The van der Waals surface area contributed by atoms with Gasteiger partial charge in [0, 0.05) is 18.3 Å². The molecule has 0 saturated carbocycles. The minimum atomic E-state index is -3.56. The molecule has 0 aliphatic heterocycles. The van der Waals surface area contributed by atoms with Crippen molar-refractivity contribution in [2.75, 3.05) is 0 Å². The van der Waals surface area contributed by atoms with Crippen LogP contribution < -0.4 is 0 Å². The molecular weight excluding hydrogens is 284 g/mol. The molecule has 0 amide bonds. The van der Waals surface area contributed by atoms with Crippen LogP contribution in [0.4, 0.5) is 0 Å². The first kappa shape index (κ1) is 12.1. The smallest absolute Gasteiger partial charge is 0.363 e. The summed E-state index contributed by atoms with van der Waals surface area (Å²) in [7, 11) is -3.56. The first-order chi connectivity index (χ1) is 9.07. The van der Waals surface area contributed by atoms with E-state index in [1.54, 1.807) is 30.3 Å². The molecule has 0 saturated heterocycles. The third kappa shape index (κ3) is 2.09. The number of fused-ring (bicyclic) bond motifs is 1. The summed E-state index contributed by atoms with van der Waals surface area (Å²) in [6.45, 7) is 0. The molecule has 0 atom stereocenters. The molecule has 0 radical (unpaired) electrons. The summed E-state index contributed by atoms with van der Waals surface area (Å²) in [6.07, 6.45) is 0. The van der Waals surface area contributed by atoms with E-state index >= 15 is 0 Å². The van der Waals surface area contributed by atoms with Gasteiger partial charge in [0.25, 0.3) is 0 Å². The van der Waals surface area contributed by atoms with Crippen molar-refractivity contribution in [2.24, 2.45) is 0 Å². The van der Waals surface area contributed by atoms with Gasteiger partial charge in [-0.2, -0.15) is 0 Å². The lowest BCUT2D eigenvalue weighted by Gasteiger charge is -2.03. The maximum atomic E-state index is 12.4. The molecule has 6 heteroatoms. The summed E-state index contributed by atoms with van der Waals surface area (Å²) < 4.78 is 35.0. The standard InChI is InChI=1S/C13H8O4S2/c14-19(15,9-4-2-1-3-5-9)10-6-7-11-12(8-10)17-13(18)16-11/h1-8H. The van der Waals surface area contributed by atoms with Gasteiger partial charge in [0.2, 0.25) is 9.84 Å². The Morgan fingerprint density at radius 2 is 1.53 bits per heavy atom. The third-order valence-corrected chi connectivity index (χ3v) is 4.60. The topological polar surface area (TPSA) is 60.4 Å². The fraction of sp³-hybridized carbons (Fsp3) is 0. The average molecular weight is 292 g/mol. The number of hydrogen-bond donors (Lipinski definition) is 0. The SMILES string of the molecule is O=S(=O)(c1ccccc1)c1ccc2oc(=S)oc2c1. The molecule has 96 valence electrons. The molecule has 0 fully saturated rings. The van der Waals surface area contributed by atoms with Crippen molar-refractivity contribution in [1.82, 2.24) is 0 Å². The van der Waals surface area contributed by atoms with Gasteiger partial charge in [-0.3, -0.25) is 0 Å². The molecule has 1 aromatic heterocycles. The van der Waals surface area contributed by atoms with Crippen molar-refractivity contribution in [3.05, 3.63) is 53.4 Å². The Morgan fingerprint density at radius 3 is 2.26 bits per heavy atom. The van der Waals surface area contributed by atoms with Crippen LogP contribution in [-0.4, -0.2) is 8.42 Å². The van der Waals surface area contributed by atoms with Gasteiger partial charge in [-0.15, -0.1) is 0 Å². The van der Waals surface area contributed by atoms with Crippen LogP contribution in [0.2, 0.25) is 0 Å². The number of benzene rings is 2. The van der Waals surface area contributed by atoms with Crippen LogP contribution in [0.5, 0.6) is 0 Å². The first-order valence-corrected chi connectivity index (χ1v) is 7.30. The van der Waals surface area contributed by atoms with E-state index in [0.717, 1.165) is 0 Å². The minimum absolute atomic E-state index is 0.0238. The zero-order valence-electron chi connectivity index (χ0n) is 9.57. The first-order valence-electron chi connectivity index (χ1n) is 5.41. The Kier molecular flexibility index (Phi) is 2.76. The second-order valence-corrected chi connectivity index (χ2v) is 6.16. The molecular formula is C13H8O4S2. The van der Waals surface area contributed by atoms with Crippen LogP contribution >= 0.6 is 12.2 Å². The minimum Gasteiger partial charge on any atom is -0.413 e. The zero-order valence-corrected chi connectivity index (χ0v) is 11.2. The third-order valence-electron chi connectivity index (χ3n) is 2.67. The Labute approximate surface area is 114 Å². The lowest BCUT2D eigenvalue weighted by atomic mass is 10.3. The molecule has 2 aromatic carbocycles. The van der Waals surface area contributed by atoms with Gasteiger partial charge in [0.05, 0.1) is 9.79 Å². The quantitative estimate of drug-likeness (QED) is 0.675. The highest BCUT2D eigenvalue weighted by Crippen LogP contribution is 2.25. The molecule has 0 aliphatic carbocycles. The maximum absolute atomic E-state index is 12.4. The van der Waals surface area contributed by atoms with Gasteiger partial charge in [-0.1, -0.05) is 18.2 Å². The van der Waals surface area contributed by atoms with Crippen LogP contribution in [0.15, 0.2) is 67.2 Å². The Hall–Kier alpha value is -1.92. The van der Waals surface area contributed by atoms with E-state index < -0.39 is 9.84 Å². The molecule has 19 heavy (non-hydrogen) atoms. The van der Waals surface area contributed by atoms with Crippen LogP contribution in [0.25, 0.3) is 11.2 Å². The predicted octanol–water partition coefficient (Wildman–Crippen LogP) is 3.59. The van der Waals surface area contributed by atoms with Gasteiger partial charge in [-0.25, -0.2) is 8.42 Å². The Morgan fingerprint density at radius 1 is 0.842 bits per heavy atom. The van der Waals surface area contributed by atoms with Crippen LogP contribution in [-0.2, 0) is 9.84 Å². The average Bonchev–Trinajstić information content (AvgIpc) is 2.78. The number of sulfone groups is 1.